The molecule has 1 saturated carbocycles. The zero-order valence-corrected chi connectivity index (χ0v) is 17.1. The molecule has 4 heteroatoms. The highest BCUT2D eigenvalue weighted by Crippen LogP contribution is 2.37. The second-order valence-corrected chi connectivity index (χ2v) is 7.80. The Morgan fingerprint density at radius 1 is 1.22 bits per heavy atom. The zero-order chi connectivity index (χ0) is 19.6. The number of nitrogens with two attached hydrogens (primary N) is 1. The van der Waals surface area contributed by atoms with E-state index in [0.717, 1.165) is 41.1 Å². The molecule has 0 bridgehead atoms. The van der Waals surface area contributed by atoms with Crippen LogP contribution in [-0.2, 0) is 13.0 Å². The smallest absolute Gasteiger partial charge is 0.251 e. The molecule has 0 aliphatic heterocycles. The minimum Gasteiger partial charge on any atom is -0.496 e. The number of carbonyl (C=O) groups is 1. The summed E-state index contributed by atoms with van der Waals surface area (Å²) in [6.45, 7) is 7.23. The zero-order valence-electron chi connectivity index (χ0n) is 17.1. The number of nitrogens with zero attached hydrogens (tertiary/aromatic N) is 1. The first-order chi connectivity index (χ1) is 13.0. The van der Waals surface area contributed by atoms with E-state index in [1.807, 2.05) is 26.0 Å². The molecule has 1 aliphatic carbocycles. The number of primary amides is 1. The summed E-state index contributed by atoms with van der Waals surface area (Å²) in [6, 6.07) is 6.12. The van der Waals surface area contributed by atoms with Gasteiger partial charge in [0.1, 0.15) is 5.75 Å². The molecule has 0 spiro atoms. The van der Waals surface area contributed by atoms with Crippen LogP contribution in [0.4, 0.5) is 0 Å². The van der Waals surface area contributed by atoms with Gasteiger partial charge in [-0.05, 0) is 62.3 Å². The van der Waals surface area contributed by atoms with Gasteiger partial charge in [-0.25, -0.2) is 0 Å². The Bertz CT molecular complexity index is 829. The number of hydrogen-bond donors (Lipinski definition) is 1. The predicted octanol–water partition coefficient (Wildman–Crippen LogP) is 5.02. The molecule has 1 fully saturated rings. The number of aryl methyl sites for hydroxylation is 1. The van der Waals surface area contributed by atoms with Crippen molar-refractivity contribution < 1.29 is 9.53 Å². The Kier molecular flexibility index (Phi) is 5.93. The lowest BCUT2D eigenvalue weighted by molar-refractivity contribution is 0.1000. The average molecular weight is 369 g/mol. The Balaban J connectivity index is 2.13. The van der Waals surface area contributed by atoms with Crippen LogP contribution in [0.5, 0.6) is 5.75 Å². The Hall–Kier alpha value is -2.23. The third kappa shape index (κ3) is 3.76. The van der Waals surface area contributed by atoms with Crippen molar-refractivity contribution in [2.24, 2.45) is 11.7 Å². The van der Waals surface area contributed by atoms with Gasteiger partial charge in [0, 0.05) is 23.5 Å². The molecule has 1 amide bonds. The molecular formula is C23H32N2O2. The SMILES string of the molecule is CCc1c(-c2ccc(OC)c(C)c2)c(C(N)=O)c(C)n1CC1CCCCC1. The van der Waals surface area contributed by atoms with Crippen LogP contribution in [0.1, 0.15) is 66.3 Å². The topological polar surface area (TPSA) is 57.2 Å². The molecule has 1 heterocycles. The normalized spacial score (nSPS) is 15.1. The number of carbonyl (C=O) groups excluding carboxylic acids is 1. The molecule has 0 saturated heterocycles. The number of benzene rings is 1. The van der Waals surface area contributed by atoms with Crippen molar-refractivity contribution in [3.8, 4) is 16.9 Å². The largest absolute Gasteiger partial charge is 0.496 e. The van der Waals surface area contributed by atoms with E-state index in [-0.39, 0.29) is 5.91 Å². The van der Waals surface area contributed by atoms with Crippen LogP contribution >= 0.6 is 0 Å². The average Bonchev–Trinajstić information content (AvgIpc) is 2.94. The van der Waals surface area contributed by atoms with Crippen molar-refractivity contribution in [3.05, 3.63) is 40.7 Å². The summed E-state index contributed by atoms with van der Waals surface area (Å²) in [5.41, 5.74) is 11.8. The Morgan fingerprint density at radius 2 is 1.93 bits per heavy atom. The molecule has 0 unspecified atom stereocenters. The summed E-state index contributed by atoms with van der Waals surface area (Å²) in [5.74, 6) is 1.21. The summed E-state index contributed by atoms with van der Waals surface area (Å²) in [4.78, 5) is 12.4. The fourth-order valence-corrected chi connectivity index (χ4v) is 4.69. The fourth-order valence-electron chi connectivity index (χ4n) is 4.69. The summed E-state index contributed by atoms with van der Waals surface area (Å²) in [7, 11) is 1.68. The molecule has 1 aromatic carbocycles. The van der Waals surface area contributed by atoms with Crippen LogP contribution in [-0.4, -0.2) is 17.6 Å². The molecule has 0 radical (unpaired) electrons. The number of amides is 1. The van der Waals surface area contributed by atoms with E-state index in [1.165, 1.54) is 37.8 Å². The van der Waals surface area contributed by atoms with Gasteiger partial charge in [0.25, 0.3) is 5.91 Å². The maximum atomic E-state index is 12.4. The van der Waals surface area contributed by atoms with Gasteiger partial charge in [0.2, 0.25) is 0 Å². The van der Waals surface area contributed by atoms with Crippen molar-refractivity contribution in [2.45, 2.75) is 65.8 Å². The third-order valence-electron chi connectivity index (χ3n) is 6.06. The van der Waals surface area contributed by atoms with E-state index < -0.39 is 0 Å². The number of aromatic nitrogens is 1. The number of methoxy groups -OCH3 is 1. The van der Waals surface area contributed by atoms with Gasteiger partial charge in [0.15, 0.2) is 0 Å². The van der Waals surface area contributed by atoms with Crippen molar-refractivity contribution in [2.75, 3.05) is 7.11 Å². The van der Waals surface area contributed by atoms with Crippen LogP contribution in [0.15, 0.2) is 18.2 Å². The first kappa shape index (κ1) is 19.5. The molecule has 0 atom stereocenters. The number of rotatable bonds is 6. The molecule has 2 N–H and O–H groups in total. The summed E-state index contributed by atoms with van der Waals surface area (Å²) in [6.07, 6.45) is 7.43. The second kappa shape index (κ2) is 8.20. The van der Waals surface area contributed by atoms with E-state index >= 15 is 0 Å². The molecule has 1 aliphatic rings. The minimum atomic E-state index is -0.340. The predicted molar refractivity (Wildman–Crippen MR) is 110 cm³/mol. The quantitative estimate of drug-likeness (QED) is 0.778. The van der Waals surface area contributed by atoms with Crippen LogP contribution in [0, 0.1) is 19.8 Å². The maximum Gasteiger partial charge on any atom is 0.251 e. The Labute approximate surface area is 162 Å². The lowest BCUT2D eigenvalue weighted by atomic mass is 9.89. The van der Waals surface area contributed by atoms with Crippen LogP contribution in [0.2, 0.25) is 0 Å². The van der Waals surface area contributed by atoms with Crippen molar-refractivity contribution >= 4 is 5.91 Å². The molecule has 2 aromatic rings. The number of ether oxygens (including phenoxy) is 1. The van der Waals surface area contributed by atoms with Gasteiger partial charge in [-0.2, -0.15) is 0 Å². The lowest BCUT2D eigenvalue weighted by Crippen LogP contribution is -2.17. The van der Waals surface area contributed by atoms with Crippen molar-refractivity contribution in [1.29, 1.82) is 0 Å². The van der Waals surface area contributed by atoms with E-state index in [1.54, 1.807) is 7.11 Å². The van der Waals surface area contributed by atoms with Gasteiger partial charge >= 0.3 is 0 Å². The standard InChI is InChI=1S/C23H32N2O2/c1-5-19-22(18-11-12-20(27-4)15(2)13-18)21(23(24)26)16(3)25(19)14-17-9-7-6-8-10-17/h11-13,17H,5-10,14H2,1-4H3,(H2,24,26). The molecule has 146 valence electrons. The summed E-state index contributed by atoms with van der Waals surface area (Å²) in [5, 5.41) is 0. The highest BCUT2D eigenvalue weighted by Gasteiger charge is 2.26. The molecule has 27 heavy (non-hydrogen) atoms. The van der Waals surface area contributed by atoms with Crippen LogP contribution in [0.3, 0.4) is 0 Å². The van der Waals surface area contributed by atoms with Gasteiger partial charge in [-0.15, -0.1) is 0 Å². The van der Waals surface area contributed by atoms with Gasteiger partial charge < -0.3 is 15.0 Å². The fraction of sp³-hybridized carbons (Fsp3) is 0.522. The first-order valence-corrected chi connectivity index (χ1v) is 10.1. The highest BCUT2D eigenvalue weighted by atomic mass is 16.5. The summed E-state index contributed by atoms with van der Waals surface area (Å²) < 4.78 is 7.77. The highest BCUT2D eigenvalue weighted by molar-refractivity contribution is 6.02. The van der Waals surface area contributed by atoms with E-state index in [0.29, 0.717) is 11.5 Å². The Morgan fingerprint density at radius 3 is 2.48 bits per heavy atom. The molecule has 4 nitrogen and oxygen atoms in total. The number of hydrogen-bond acceptors (Lipinski definition) is 2. The van der Waals surface area contributed by atoms with E-state index in [2.05, 4.69) is 17.6 Å². The molecule has 3 rings (SSSR count). The van der Waals surface area contributed by atoms with Crippen molar-refractivity contribution in [1.82, 2.24) is 4.57 Å². The van der Waals surface area contributed by atoms with E-state index in [9.17, 15) is 4.79 Å². The maximum absolute atomic E-state index is 12.4. The molecular weight excluding hydrogens is 336 g/mol. The second-order valence-electron chi connectivity index (χ2n) is 7.80. The monoisotopic (exact) mass is 368 g/mol. The summed E-state index contributed by atoms with van der Waals surface area (Å²) >= 11 is 0. The van der Waals surface area contributed by atoms with Crippen LogP contribution < -0.4 is 10.5 Å². The van der Waals surface area contributed by atoms with Gasteiger partial charge in [-0.1, -0.05) is 32.3 Å². The first-order valence-electron chi connectivity index (χ1n) is 10.1. The van der Waals surface area contributed by atoms with Gasteiger partial charge in [0.05, 0.1) is 12.7 Å². The van der Waals surface area contributed by atoms with Crippen LogP contribution in [0.25, 0.3) is 11.1 Å². The van der Waals surface area contributed by atoms with E-state index in [4.69, 9.17) is 10.5 Å². The van der Waals surface area contributed by atoms with Gasteiger partial charge in [-0.3, -0.25) is 4.79 Å². The third-order valence-corrected chi connectivity index (χ3v) is 6.06. The minimum absolute atomic E-state index is 0.340. The molecule has 1 aromatic heterocycles. The lowest BCUT2D eigenvalue weighted by Gasteiger charge is -2.24. The van der Waals surface area contributed by atoms with Crippen molar-refractivity contribution in [3.63, 3.8) is 0 Å².